The summed E-state index contributed by atoms with van der Waals surface area (Å²) in [6.45, 7) is 8.52. The van der Waals surface area contributed by atoms with E-state index in [-0.39, 0.29) is 11.9 Å². The third-order valence-corrected chi connectivity index (χ3v) is 4.79. The van der Waals surface area contributed by atoms with Crippen molar-refractivity contribution in [3.63, 3.8) is 0 Å². The van der Waals surface area contributed by atoms with E-state index in [9.17, 15) is 4.79 Å². The summed E-state index contributed by atoms with van der Waals surface area (Å²) in [6.07, 6.45) is 2.89. The molecule has 0 aliphatic carbocycles. The summed E-state index contributed by atoms with van der Waals surface area (Å²) in [7, 11) is 1.93. The van der Waals surface area contributed by atoms with Crippen LogP contribution in [0.4, 0.5) is 0 Å². The Hall–Kier alpha value is -1.35. The Morgan fingerprint density at radius 3 is 2.86 bits per heavy atom. The van der Waals surface area contributed by atoms with Crippen LogP contribution < -0.4 is 5.32 Å². The second-order valence-corrected chi connectivity index (χ2v) is 6.44. The van der Waals surface area contributed by atoms with Gasteiger partial charge in [-0.1, -0.05) is 23.8 Å². The van der Waals surface area contributed by atoms with E-state index in [1.807, 2.05) is 11.9 Å². The highest BCUT2D eigenvalue weighted by molar-refractivity contribution is 5.76. The molecule has 2 rings (SSSR count). The van der Waals surface area contributed by atoms with Crippen molar-refractivity contribution in [2.24, 2.45) is 5.92 Å². The number of carbonyl (C=O) groups excluding carboxylic acids is 1. The van der Waals surface area contributed by atoms with Crippen molar-refractivity contribution in [2.45, 2.75) is 46.1 Å². The lowest BCUT2D eigenvalue weighted by molar-refractivity contribution is -0.132. The molecule has 116 valence electrons. The molecule has 1 aliphatic rings. The summed E-state index contributed by atoms with van der Waals surface area (Å²) in [5.74, 6) is 0.939. The van der Waals surface area contributed by atoms with Gasteiger partial charge in [-0.15, -0.1) is 0 Å². The molecule has 1 N–H and O–H groups in total. The number of nitrogens with one attached hydrogen (secondary N) is 1. The van der Waals surface area contributed by atoms with E-state index >= 15 is 0 Å². The van der Waals surface area contributed by atoms with Crippen LogP contribution in [-0.2, 0) is 4.79 Å². The maximum Gasteiger partial charge on any atom is 0.222 e. The first kappa shape index (κ1) is 16.0. The second kappa shape index (κ2) is 7.08. The molecular formula is C18H28N2O. The molecule has 1 aliphatic heterocycles. The fourth-order valence-corrected chi connectivity index (χ4v) is 3.10. The van der Waals surface area contributed by atoms with Gasteiger partial charge < -0.3 is 10.2 Å². The number of aryl methyl sites for hydroxylation is 2. The van der Waals surface area contributed by atoms with Gasteiger partial charge in [-0.05, 0) is 63.7 Å². The predicted octanol–water partition coefficient (Wildman–Crippen LogP) is 3.21. The lowest BCUT2D eigenvalue weighted by atomic mass is 9.98. The number of rotatable bonds is 5. The zero-order valence-corrected chi connectivity index (χ0v) is 13.8. The topological polar surface area (TPSA) is 32.3 Å². The van der Waals surface area contributed by atoms with E-state index in [2.05, 4.69) is 44.3 Å². The highest BCUT2D eigenvalue weighted by Gasteiger charge is 2.21. The van der Waals surface area contributed by atoms with Crippen molar-refractivity contribution in [2.75, 3.05) is 20.1 Å². The van der Waals surface area contributed by atoms with Gasteiger partial charge >= 0.3 is 0 Å². The van der Waals surface area contributed by atoms with E-state index in [1.165, 1.54) is 23.1 Å². The summed E-state index contributed by atoms with van der Waals surface area (Å²) in [5, 5.41) is 3.36. The van der Waals surface area contributed by atoms with E-state index in [0.717, 1.165) is 19.5 Å². The second-order valence-electron chi connectivity index (χ2n) is 6.44. The molecule has 21 heavy (non-hydrogen) atoms. The van der Waals surface area contributed by atoms with Crippen LogP contribution in [-0.4, -0.2) is 30.9 Å². The summed E-state index contributed by atoms with van der Waals surface area (Å²) in [4.78, 5) is 14.3. The minimum Gasteiger partial charge on any atom is -0.339 e. The molecule has 0 radical (unpaired) electrons. The normalized spacial score (nSPS) is 19.5. The highest BCUT2D eigenvalue weighted by Crippen LogP contribution is 2.25. The van der Waals surface area contributed by atoms with E-state index in [0.29, 0.717) is 12.3 Å². The zero-order valence-electron chi connectivity index (χ0n) is 13.8. The van der Waals surface area contributed by atoms with Crippen molar-refractivity contribution in [3.05, 3.63) is 34.9 Å². The monoisotopic (exact) mass is 288 g/mol. The van der Waals surface area contributed by atoms with Gasteiger partial charge in [0.05, 0.1) is 6.04 Å². The van der Waals surface area contributed by atoms with Crippen LogP contribution in [0.3, 0.4) is 0 Å². The van der Waals surface area contributed by atoms with Gasteiger partial charge in [-0.25, -0.2) is 0 Å². The molecule has 0 saturated carbocycles. The molecule has 2 atom stereocenters. The third-order valence-electron chi connectivity index (χ3n) is 4.79. The first-order valence-corrected chi connectivity index (χ1v) is 8.02. The van der Waals surface area contributed by atoms with Crippen LogP contribution in [0.25, 0.3) is 0 Å². The SMILES string of the molecule is Cc1ccc(C)c(C(C)N(C)C(=O)CCC2CCNC2)c1. The van der Waals surface area contributed by atoms with Crippen LogP contribution in [0.5, 0.6) is 0 Å². The first-order valence-electron chi connectivity index (χ1n) is 8.02. The predicted molar refractivity (Wildman–Crippen MR) is 87.3 cm³/mol. The Morgan fingerprint density at radius 1 is 1.43 bits per heavy atom. The van der Waals surface area contributed by atoms with Crippen LogP contribution in [0.15, 0.2) is 18.2 Å². The molecule has 2 unspecified atom stereocenters. The van der Waals surface area contributed by atoms with Crippen molar-refractivity contribution < 1.29 is 4.79 Å². The van der Waals surface area contributed by atoms with Crippen LogP contribution in [0.2, 0.25) is 0 Å². The van der Waals surface area contributed by atoms with Gasteiger partial charge in [-0.3, -0.25) is 4.79 Å². The summed E-state index contributed by atoms with van der Waals surface area (Å²) < 4.78 is 0. The Kier molecular flexibility index (Phi) is 5.40. The molecule has 3 heteroatoms. The number of carbonyl (C=O) groups is 1. The number of nitrogens with zero attached hydrogens (tertiary/aromatic N) is 1. The fraction of sp³-hybridized carbons (Fsp3) is 0.611. The number of hydrogen-bond donors (Lipinski definition) is 1. The molecule has 1 fully saturated rings. The molecular weight excluding hydrogens is 260 g/mol. The minimum absolute atomic E-state index is 0.138. The molecule has 1 amide bonds. The van der Waals surface area contributed by atoms with Crippen LogP contribution in [0.1, 0.15) is 48.9 Å². The van der Waals surface area contributed by atoms with Gasteiger partial charge in [0.25, 0.3) is 0 Å². The summed E-state index contributed by atoms with van der Waals surface area (Å²) in [6, 6.07) is 6.61. The van der Waals surface area contributed by atoms with Crippen molar-refractivity contribution in [3.8, 4) is 0 Å². The van der Waals surface area contributed by atoms with Crippen molar-refractivity contribution >= 4 is 5.91 Å². The quantitative estimate of drug-likeness (QED) is 0.902. The Morgan fingerprint density at radius 2 is 2.19 bits per heavy atom. The minimum atomic E-state index is 0.138. The maximum absolute atomic E-state index is 12.4. The Labute approximate surface area is 128 Å². The highest BCUT2D eigenvalue weighted by atomic mass is 16.2. The first-order chi connectivity index (χ1) is 9.99. The molecule has 1 aromatic carbocycles. The number of benzene rings is 1. The smallest absolute Gasteiger partial charge is 0.222 e. The molecule has 1 aromatic rings. The molecule has 0 bridgehead atoms. The molecule has 0 spiro atoms. The molecule has 0 aromatic heterocycles. The fourth-order valence-electron chi connectivity index (χ4n) is 3.10. The van der Waals surface area contributed by atoms with Gasteiger partial charge in [-0.2, -0.15) is 0 Å². The van der Waals surface area contributed by atoms with E-state index in [1.54, 1.807) is 0 Å². The standard InChI is InChI=1S/C18H28N2O/c1-13-5-6-14(2)17(11-13)15(3)20(4)18(21)8-7-16-9-10-19-12-16/h5-6,11,15-16,19H,7-10,12H2,1-4H3. The summed E-state index contributed by atoms with van der Waals surface area (Å²) in [5.41, 5.74) is 3.77. The van der Waals surface area contributed by atoms with Crippen LogP contribution >= 0.6 is 0 Å². The lowest BCUT2D eigenvalue weighted by Crippen LogP contribution is -2.30. The van der Waals surface area contributed by atoms with E-state index in [4.69, 9.17) is 0 Å². The zero-order chi connectivity index (χ0) is 15.4. The Balaban J connectivity index is 1.95. The molecule has 1 heterocycles. The maximum atomic E-state index is 12.4. The van der Waals surface area contributed by atoms with Gasteiger partial charge in [0.2, 0.25) is 5.91 Å². The van der Waals surface area contributed by atoms with Crippen molar-refractivity contribution in [1.29, 1.82) is 0 Å². The average molecular weight is 288 g/mol. The van der Waals surface area contributed by atoms with Crippen molar-refractivity contribution in [1.82, 2.24) is 10.2 Å². The van der Waals surface area contributed by atoms with Crippen LogP contribution in [0, 0.1) is 19.8 Å². The molecule has 1 saturated heterocycles. The lowest BCUT2D eigenvalue weighted by Gasteiger charge is -2.27. The average Bonchev–Trinajstić information content (AvgIpc) is 2.99. The van der Waals surface area contributed by atoms with Gasteiger partial charge in [0.1, 0.15) is 0 Å². The van der Waals surface area contributed by atoms with Gasteiger partial charge in [0.15, 0.2) is 0 Å². The number of hydrogen-bond acceptors (Lipinski definition) is 2. The summed E-state index contributed by atoms with van der Waals surface area (Å²) >= 11 is 0. The molecule has 3 nitrogen and oxygen atoms in total. The Bertz CT molecular complexity index is 492. The third kappa shape index (κ3) is 4.07. The number of amides is 1. The van der Waals surface area contributed by atoms with Gasteiger partial charge in [0, 0.05) is 13.5 Å². The largest absolute Gasteiger partial charge is 0.339 e. The van der Waals surface area contributed by atoms with E-state index < -0.39 is 0 Å².